The van der Waals surface area contributed by atoms with Crippen molar-refractivity contribution in [1.29, 1.82) is 0 Å². The van der Waals surface area contributed by atoms with Crippen LogP contribution in [-0.2, 0) is 25.7 Å². The Balaban J connectivity index is 0.000000806. The summed E-state index contributed by atoms with van der Waals surface area (Å²) in [5, 5.41) is 11.5. The quantitative estimate of drug-likeness (QED) is 0.463. The number of rotatable bonds is 4. The second-order valence-corrected chi connectivity index (χ2v) is 7.75. The van der Waals surface area contributed by atoms with Gasteiger partial charge in [-0.2, -0.15) is 5.10 Å². The number of carboxylic acid groups (broad SMARTS) is 1. The van der Waals surface area contributed by atoms with E-state index in [4.69, 9.17) is 19.6 Å². The number of carbonyl (C=O) groups excluding carboxylic acids is 2. The molecule has 1 aromatic heterocycles. The number of ether oxygens (including phenoxy) is 1. The smallest absolute Gasteiger partial charge is 0.321 e. The molecule has 2 aliphatic rings. The summed E-state index contributed by atoms with van der Waals surface area (Å²) in [6.45, 7) is 4.97. The lowest BCUT2D eigenvalue weighted by atomic mass is 9.96. The number of nitrogens with zero attached hydrogens (tertiary/aromatic N) is 4. The van der Waals surface area contributed by atoms with Gasteiger partial charge in [-0.3, -0.25) is 14.4 Å². The van der Waals surface area contributed by atoms with Crippen molar-refractivity contribution in [2.24, 2.45) is 11.3 Å². The maximum Gasteiger partial charge on any atom is 0.321 e. The minimum atomic E-state index is -0.994. The third-order valence-electron chi connectivity index (χ3n) is 5.51. The van der Waals surface area contributed by atoms with Crippen LogP contribution in [0, 0.1) is 11.3 Å². The van der Waals surface area contributed by atoms with Crippen LogP contribution in [0.5, 0.6) is 0 Å². The van der Waals surface area contributed by atoms with Crippen molar-refractivity contribution >= 4 is 18.3 Å². The molecule has 1 N–H and O–H groups in total. The molecule has 1 fully saturated rings. The first kappa shape index (κ1) is 21.5. The van der Waals surface area contributed by atoms with Gasteiger partial charge in [0.05, 0.1) is 19.7 Å². The maximum atomic E-state index is 13.3. The number of esters is 1. The highest BCUT2D eigenvalue weighted by molar-refractivity contribution is 6.05. The second-order valence-electron chi connectivity index (χ2n) is 7.75. The van der Waals surface area contributed by atoms with Crippen molar-refractivity contribution < 1.29 is 24.2 Å². The standard InChI is InChI=1S/C20H24N4O3.CH2O2/c1-13(2)15-17-21-16(14-7-5-4-6-8-14)22-24(17)12-11-23(15)18(25)20(9-10-20)19(26)27-3;2-1-3/h4-8,13,15H,9-12H2,1-3H3;1H,(H,2,3)/t15-;/m0./s1. The minimum absolute atomic E-state index is 0.136. The molecule has 2 aromatic rings. The predicted molar refractivity (Wildman–Crippen MR) is 107 cm³/mol. The van der Waals surface area contributed by atoms with E-state index in [1.165, 1.54) is 7.11 Å². The molecule has 9 nitrogen and oxygen atoms in total. The molecular formula is C21H26N4O5. The molecule has 1 amide bonds. The van der Waals surface area contributed by atoms with Crippen molar-refractivity contribution in [2.75, 3.05) is 13.7 Å². The van der Waals surface area contributed by atoms with E-state index in [2.05, 4.69) is 18.9 Å². The van der Waals surface area contributed by atoms with Gasteiger partial charge in [-0.15, -0.1) is 0 Å². The van der Waals surface area contributed by atoms with Gasteiger partial charge in [-0.1, -0.05) is 44.2 Å². The van der Waals surface area contributed by atoms with E-state index in [0.717, 1.165) is 11.4 Å². The number of fused-ring (bicyclic) bond motifs is 1. The molecular weight excluding hydrogens is 388 g/mol. The summed E-state index contributed by atoms with van der Waals surface area (Å²) in [5.74, 6) is 1.04. The molecule has 1 saturated carbocycles. The summed E-state index contributed by atoms with van der Waals surface area (Å²) in [6, 6.07) is 9.62. The molecule has 0 bridgehead atoms. The fourth-order valence-electron chi connectivity index (χ4n) is 3.91. The number of carbonyl (C=O) groups is 3. The van der Waals surface area contributed by atoms with Gasteiger partial charge in [0.25, 0.3) is 6.47 Å². The summed E-state index contributed by atoms with van der Waals surface area (Å²) in [6.07, 6.45) is 1.11. The zero-order chi connectivity index (χ0) is 21.9. The summed E-state index contributed by atoms with van der Waals surface area (Å²) in [4.78, 5) is 40.4. The fourth-order valence-corrected chi connectivity index (χ4v) is 3.91. The number of hydrogen-bond acceptors (Lipinski definition) is 6. The van der Waals surface area contributed by atoms with Gasteiger partial charge < -0.3 is 14.7 Å². The zero-order valence-corrected chi connectivity index (χ0v) is 17.3. The molecule has 160 valence electrons. The van der Waals surface area contributed by atoms with Gasteiger partial charge in [0, 0.05) is 12.1 Å². The number of hydrogen-bond donors (Lipinski definition) is 1. The lowest BCUT2D eigenvalue weighted by Gasteiger charge is -2.39. The molecule has 1 atom stereocenters. The average molecular weight is 414 g/mol. The van der Waals surface area contributed by atoms with Crippen molar-refractivity contribution in [3.63, 3.8) is 0 Å². The molecule has 9 heteroatoms. The van der Waals surface area contributed by atoms with E-state index >= 15 is 0 Å². The van der Waals surface area contributed by atoms with E-state index in [9.17, 15) is 9.59 Å². The van der Waals surface area contributed by atoms with Crippen LogP contribution in [-0.4, -0.2) is 56.8 Å². The second kappa shape index (κ2) is 8.64. The number of amides is 1. The molecule has 30 heavy (non-hydrogen) atoms. The summed E-state index contributed by atoms with van der Waals surface area (Å²) < 4.78 is 6.79. The van der Waals surface area contributed by atoms with Gasteiger partial charge in [0.2, 0.25) is 5.91 Å². The fraction of sp³-hybridized carbons (Fsp3) is 0.476. The van der Waals surface area contributed by atoms with E-state index in [1.54, 1.807) is 0 Å². The highest BCUT2D eigenvalue weighted by atomic mass is 16.5. The van der Waals surface area contributed by atoms with Crippen LogP contribution in [0.3, 0.4) is 0 Å². The van der Waals surface area contributed by atoms with Crippen LogP contribution in [0.15, 0.2) is 30.3 Å². The molecule has 4 rings (SSSR count). The predicted octanol–water partition coefficient (Wildman–Crippen LogP) is 2.14. The van der Waals surface area contributed by atoms with Gasteiger partial charge in [-0.05, 0) is 18.8 Å². The van der Waals surface area contributed by atoms with Crippen LogP contribution in [0.2, 0.25) is 0 Å². The van der Waals surface area contributed by atoms with Gasteiger partial charge in [0.15, 0.2) is 11.6 Å². The Bertz CT molecular complexity index is 921. The Morgan fingerprint density at radius 2 is 1.87 bits per heavy atom. The molecule has 1 aliphatic heterocycles. The molecule has 0 unspecified atom stereocenters. The van der Waals surface area contributed by atoms with Crippen LogP contribution >= 0.6 is 0 Å². The lowest BCUT2D eigenvalue weighted by Crippen LogP contribution is -2.49. The average Bonchev–Trinajstić information content (AvgIpc) is 3.45. The molecule has 2 heterocycles. The van der Waals surface area contributed by atoms with Gasteiger partial charge in [0.1, 0.15) is 5.41 Å². The normalized spacial score (nSPS) is 18.7. The van der Waals surface area contributed by atoms with E-state index in [0.29, 0.717) is 31.8 Å². The SMILES string of the molecule is COC(=O)C1(C(=O)N2CCn3nc(-c4ccccc4)nc3[C@@H]2C(C)C)CC1.O=CO. The summed E-state index contributed by atoms with van der Waals surface area (Å²) >= 11 is 0. The Morgan fingerprint density at radius 1 is 1.23 bits per heavy atom. The van der Waals surface area contributed by atoms with Crippen LogP contribution in [0.1, 0.15) is 38.6 Å². The molecule has 0 spiro atoms. The van der Waals surface area contributed by atoms with Crippen LogP contribution in [0.4, 0.5) is 0 Å². The highest BCUT2D eigenvalue weighted by Crippen LogP contribution is 2.50. The van der Waals surface area contributed by atoms with Crippen molar-refractivity contribution in [3.8, 4) is 11.4 Å². The topological polar surface area (TPSA) is 115 Å². The Hall–Kier alpha value is -3.23. The minimum Gasteiger partial charge on any atom is -0.483 e. The summed E-state index contributed by atoms with van der Waals surface area (Å²) in [7, 11) is 1.34. The van der Waals surface area contributed by atoms with Crippen LogP contribution in [0.25, 0.3) is 11.4 Å². The number of benzene rings is 1. The first-order valence-electron chi connectivity index (χ1n) is 9.87. The molecule has 1 aromatic carbocycles. The lowest BCUT2D eigenvalue weighted by molar-refractivity contribution is -0.158. The molecule has 1 aliphatic carbocycles. The Labute approximate surface area is 174 Å². The number of aromatic nitrogens is 3. The van der Waals surface area contributed by atoms with Crippen molar-refractivity contribution in [1.82, 2.24) is 19.7 Å². The van der Waals surface area contributed by atoms with Crippen molar-refractivity contribution in [3.05, 3.63) is 36.2 Å². The van der Waals surface area contributed by atoms with E-state index < -0.39 is 11.4 Å². The highest BCUT2D eigenvalue weighted by Gasteiger charge is 2.60. The largest absolute Gasteiger partial charge is 0.483 e. The number of methoxy groups -OCH3 is 1. The Morgan fingerprint density at radius 3 is 2.40 bits per heavy atom. The van der Waals surface area contributed by atoms with Gasteiger partial charge >= 0.3 is 5.97 Å². The third-order valence-corrected chi connectivity index (χ3v) is 5.51. The Kier molecular flexibility index (Phi) is 6.19. The first-order chi connectivity index (χ1) is 14.4. The third kappa shape index (κ3) is 3.79. The molecule has 0 saturated heterocycles. The zero-order valence-electron chi connectivity index (χ0n) is 17.3. The monoisotopic (exact) mass is 414 g/mol. The summed E-state index contributed by atoms with van der Waals surface area (Å²) in [5.41, 5.74) is -0.0419. The van der Waals surface area contributed by atoms with E-state index in [1.807, 2.05) is 39.9 Å². The van der Waals surface area contributed by atoms with Crippen molar-refractivity contribution in [2.45, 2.75) is 39.3 Å². The van der Waals surface area contributed by atoms with Gasteiger partial charge in [-0.25, -0.2) is 9.67 Å². The molecule has 0 radical (unpaired) electrons. The van der Waals surface area contributed by atoms with Crippen LogP contribution < -0.4 is 0 Å². The maximum absolute atomic E-state index is 13.3. The first-order valence-corrected chi connectivity index (χ1v) is 9.87. The van der Waals surface area contributed by atoms with E-state index in [-0.39, 0.29) is 24.3 Å².